The van der Waals surface area contributed by atoms with Crippen molar-refractivity contribution in [3.05, 3.63) is 94.0 Å². The van der Waals surface area contributed by atoms with Crippen molar-refractivity contribution in [3.8, 4) is 11.5 Å². The summed E-state index contributed by atoms with van der Waals surface area (Å²) in [6, 6.07) is 19.8. The third-order valence-electron chi connectivity index (χ3n) is 4.08. The molecule has 3 rings (SSSR count). The Morgan fingerprint density at radius 1 is 0.935 bits per heavy atom. The van der Waals surface area contributed by atoms with Crippen LogP contribution in [-0.2, 0) is 4.79 Å². The number of hydrogen-bond donors (Lipinski definition) is 1. The van der Waals surface area contributed by atoms with E-state index in [0.717, 1.165) is 0 Å². The van der Waals surface area contributed by atoms with Crippen LogP contribution in [0, 0.1) is 0 Å². The summed E-state index contributed by atoms with van der Waals surface area (Å²) in [6.07, 6.45) is 0.605. The Morgan fingerprint density at radius 3 is 2.23 bits per heavy atom. The molecule has 0 aliphatic rings. The Bertz CT molecular complexity index is 1080. The summed E-state index contributed by atoms with van der Waals surface area (Å²) in [5, 5.41) is 5.03. The molecule has 0 bridgehead atoms. The lowest BCUT2D eigenvalue weighted by Gasteiger charge is -2.13. The van der Waals surface area contributed by atoms with Gasteiger partial charge in [0, 0.05) is 15.6 Å². The summed E-state index contributed by atoms with van der Waals surface area (Å²) < 4.78 is 11.0. The normalized spacial score (nSPS) is 11.7. The average Bonchev–Trinajstić information content (AvgIpc) is 2.76. The molecule has 3 aromatic rings. The predicted molar refractivity (Wildman–Crippen MR) is 120 cm³/mol. The Hall–Kier alpha value is -3.35. The van der Waals surface area contributed by atoms with Gasteiger partial charge < -0.3 is 9.47 Å². The van der Waals surface area contributed by atoms with Crippen LogP contribution < -0.4 is 14.9 Å². The van der Waals surface area contributed by atoms with E-state index in [-0.39, 0.29) is 0 Å². The number of amides is 1. The van der Waals surface area contributed by atoms with Crippen LogP contribution in [0.5, 0.6) is 11.5 Å². The fraction of sp³-hybridized carbons (Fsp3) is 0.0870. The van der Waals surface area contributed by atoms with Gasteiger partial charge in [-0.2, -0.15) is 5.10 Å². The average molecular weight is 457 g/mol. The number of para-hydroxylation sites is 1. The molecule has 0 aliphatic carbocycles. The lowest BCUT2D eigenvalue weighted by molar-refractivity contribution is -0.127. The van der Waals surface area contributed by atoms with Crippen LogP contribution in [0.2, 0.25) is 10.0 Å². The van der Waals surface area contributed by atoms with Crippen molar-refractivity contribution in [1.82, 2.24) is 5.43 Å². The number of nitrogens with zero attached hydrogens (tertiary/aromatic N) is 1. The molecular weight excluding hydrogens is 439 g/mol. The lowest BCUT2D eigenvalue weighted by atomic mass is 10.2. The van der Waals surface area contributed by atoms with Crippen LogP contribution in [0.3, 0.4) is 0 Å². The van der Waals surface area contributed by atoms with Crippen molar-refractivity contribution >= 4 is 41.3 Å². The van der Waals surface area contributed by atoms with Crippen molar-refractivity contribution in [2.45, 2.75) is 13.0 Å². The topological polar surface area (TPSA) is 77.0 Å². The lowest BCUT2D eigenvalue weighted by Crippen LogP contribution is -2.33. The van der Waals surface area contributed by atoms with Crippen molar-refractivity contribution in [3.63, 3.8) is 0 Å². The zero-order valence-corrected chi connectivity index (χ0v) is 17.9. The number of halogens is 2. The van der Waals surface area contributed by atoms with Gasteiger partial charge in [0.15, 0.2) is 6.10 Å². The summed E-state index contributed by atoms with van der Waals surface area (Å²) in [7, 11) is 0. The number of hydrogen-bond acceptors (Lipinski definition) is 5. The van der Waals surface area contributed by atoms with E-state index < -0.39 is 18.0 Å². The van der Waals surface area contributed by atoms with Crippen LogP contribution in [0.1, 0.15) is 22.8 Å². The molecule has 158 valence electrons. The molecule has 0 aromatic heterocycles. The van der Waals surface area contributed by atoms with Gasteiger partial charge in [0.25, 0.3) is 5.91 Å². The summed E-state index contributed by atoms with van der Waals surface area (Å²) in [4.78, 5) is 24.5. The predicted octanol–water partition coefficient (Wildman–Crippen LogP) is 5.13. The number of nitrogens with one attached hydrogen (secondary N) is 1. The van der Waals surface area contributed by atoms with Gasteiger partial charge in [-0.25, -0.2) is 10.2 Å². The molecule has 1 amide bonds. The number of carbonyl (C=O) groups excluding carboxylic acids is 2. The van der Waals surface area contributed by atoms with E-state index in [1.165, 1.54) is 6.21 Å². The summed E-state index contributed by atoms with van der Waals surface area (Å²) in [5.41, 5.74) is 3.27. The van der Waals surface area contributed by atoms with E-state index in [4.69, 9.17) is 32.7 Å². The van der Waals surface area contributed by atoms with Crippen LogP contribution >= 0.6 is 23.2 Å². The van der Waals surface area contributed by atoms with Gasteiger partial charge in [0.05, 0.1) is 11.8 Å². The SMILES string of the molecule is CC(Oc1ccc(Cl)cc1)C(=O)N/N=C/c1ccccc1OC(=O)c1ccc(Cl)cc1. The molecule has 1 atom stereocenters. The Kier molecular flexibility index (Phi) is 7.65. The molecule has 0 spiro atoms. The van der Waals surface area contributed by atoms with E-state index in [1.807, 2.05) is 0 Å². The summed E-state index contributed by atoms with van der Waals surface area (Å²) >= 11 is 11.7. The van der Waals surface area contributed by atoms with Gasteiger partial charge in [-0.1, -0.05) is 35.3 Å². The first-order valence-electron chi connectivity index (χ1n) is 9.24. The summed E-state index contributed by atoms with van der Waals surface area (Å²) in [5.74, 6) is -0.172. The van der Waals surface area contributed by atoms with Gasteiger partial charge >= 0.3 is 5.97 Å². The van der Waals surface area contributed by atoms with E-state index in [0.29, 0.717) is 32.7 Å². The molecule has 0 heterocycles. The zero-order valence-electron chi connectivity index (χ0n) is 16.4. The molecule has 6 nitrogen and oxygen atoms in total. The fourth-order valence-electron chi connectivity index (χ4n) is 2.45. The Balaban J connectivity index is 1.60. The molecular formula is C23H18Cl2N2O4. The number of benzene rings is 3. The van der Waals surface area contributed by atoms with Crippen LogP contribution in [0.4, 0.5) is 0 Å². The van der Waals surface area contributed by atoms with Gasteiger partial charge in [-0.15, -0.1) is 0 Å². The first-order valence-corrected chi connectivity index (χ1v) is 10.00. The number of ether oxygens (including phenoxy) is 2. The molecule has 8 heteroatoms. The Morgan fingerprint density at radius 2 is 1.55 bits per heavy atom. The van der Waals surface area contributed by atoms with Crippen LogP contribution in [0.25, 0.3) is 0 Å². The highest BCUT2D eigenvalue weighted by Gasteiger charge is 2.14. The minimum Gasteiger partial charge on any atom is -0.481 e. The second kappa shape index (κ2) is 10.6. The molecule has 3 aromatic carbocycles. The van der Waals surface area contributed by atoms with Crippen molar-refractivity contribution in [1.29, 1.82) is 0 Å². The minimum atomic E-state index is -0.781. The van der Waals surface area contributed by atoms with E-state index in [1.54, 1.807) is 79.7 Å². The number of hydrazone groups is 1. The second-order valence-electron chi connectivity index (χ2n) is 6.38. The maximum atomic E-state index is 12.3. The highest BCUT2D eigenvalue weighted by molar-refractivity contribution is 6.30. The first-order chi connectivity index (χ1) is 14.9. The monoisotopic (exact) mass is 456 g/mol. The fourth-order valence-corrected chi connectivity index (χ4v) is 2.70. The van der Waals surface area contributed by atoms with Gasteiger partial charge in [-0.05, 0) is 67.6 Å². The van der Waals surface area contributed by atoms with Gasteiger partial charge in [-0.3, -0.25) is 4.79 Å². The smallest absolute Gasteiger partial charge is 0.343 e. The van der Waals surface area contributed by atoms with Crippen molar-refractivity contribution in [2.24, 2.45) is 5.10 Å². The molecule has 31 heavy (non-hydrogen) atoms. The quantitative estimate of drug-likeness (QED) is 0.231. The van der Waals surface area contributed by atoms with E-state index in [9.17, 15) is 9.59 Å². The number of carbonyl (C=O) groups is 2. The molecule has 1 N–H and O–H groups in total. The highest BCUT2D eigenvalue weighted by atomic mass is 35.5. The number of rotatable bonds is 7. The van der Waals surface area contributed by atoms with Crippen LogP contribution in [0.15, 0.2) is 77.9 Å². The zero-order chi connectivity index (χ0) is 22.2. The third-order valence-corrected chi connectivity index (χ3v) is 4.58. The van der Waals surface area contributed by atoms with E-state index >= 15 is 0 Å². The van der Waals surface area contributed by atoms with Crippen LogP contribution in [-0.4, -0.2) is 24.2 Å². The van der Waals surface area contributed by atoms with Gasteiger partial charge in [0.1, 0.15) is 11.5 Å². The Labute approximate surface area is 189 Å². The van der Waals surface area contributed by atoms with Gasteiger partial charge in [0.2, 0.25) is 0 Å². The van der Waals surface area contributed by atoms with Crippen molar-refractivity contribution in [2.75, 3.05) is 0 Å². The molecule has 1 unspecified atom stereocenters. The maximum absolute atomic E-state index is 12.3. The largest absolute Gasteiger partial charge is 0.481 e. The molecule has 0 saturated heterocycles. The molecule has 0 radical (unpaired) electrons. The first kappa shape index (κ1) is 22.3. The highest BCUT2D eigenvalue weighted by Crippen LogP contribution is 2.19. The van der Waals surface area contributed by atoms with E-state index in [2.05, 4.69) is 10.5 Å². The second-order valence-corrected chi connectivity index (χ2v) is 7.26. The minimum absolute atomic E-state index is 0.297. The molecule has 0 fully saturated rings. The molecule has 0 aliphatic heterocycles. The summed E-state index contributed by atoms with van der Waals surface area (Å²) in [6.45, 7) is 1.60. The molecule has 0 saturated carbocycles. The maximum Gasteiger partial charge on any atom is 0.343 e. The third kappa shape index (κ3) is 6.57. The van der Waals surface area contributed by atoms with Crippen molar-refractivity contribution < 1.29 is 19.1 Å². The number of esters is 1. The standard InChI is InChI=1S/C23H18Cl2N2O4/c1-15(30-20-12-10-19(25)11-13-20)22(28)27-26-14-17-4-2-3-5-21(17)31-23(29)16-6-8-18(24)9-7-16/h2-15H,1H3,(H,27,28)/b26-14+.